The Bertz CT molecular complexity index is 1260. The van der Waals surface area contributed by atoms with Gasteiger partial charge in [0, 0.05) is 19.5 Å². The van der Waals surface area contributed by atoms with Gasteiger partial charge in [-0.2, -0.15) is 0 Å². The van der Waals surface area contributed by atoms with E-state index in [4.69, 9.17) is 19.3 Å². The highest BCUT2D eigenvalue weighted by Crippen LogP contribution is 2.28. The van der Waals surface area contributed by atoms with Crippen LogP contribution in [0.5, 0.6) is 0 Å². The van der Waals surface area contributed by atoms with E-state index in [2.05, 4.69) is 15.6 Å². The van der Waals surface area contributed by atoms with Crippen molar-refractivity contribution in [1.82, 2.24) is 20.5 Å². The van der Waals surface area contributed by atoms with Gasteiger partial charge in [-0.1, -0.05) is 45.0 Å². The maximum Gasteiger partial charge on any atom is 0.305 e. The van der Waals surface area contributed by atoms with Crippen molar-refractivity contribution >= 4 is 35.0 Å². The molecule has 3 N–H and O–H groups in total. The molecule has 2 unspecified atom stereocenters. The topological polar surface area (TPSA) is 156 Å². The highest BCUT2D eigenvalue weighted by Gasteiger charge is 2.41. The summed E-state index contributed by atoms with van der Waals surface area (Å²) in [5.41, 5.74) is 4.29. The molecule has 248 valence electrons. The fraction of sp³-hybridized carbons (Fsp3) is 0.594. The number of hydrogen-bond donors (Lipinski definition) is 3. The summed E-state index contributed by atoms with van der Waals surface area (Å²) in [6.07, 6.45) is 1.30. The Morgan fingerprint density at radius 3 is 2.20 bits per heavy atom. The SMILES string of the molecule is Cc1ncsc1-c1ccc(CNC(=O)C2CCCN2C(=O)C(NC(=O)CCOCCOCCOCCC(=O)O)C(C)(C)C)cc1. The number of aryl methyl sites for hydroxylation is 1. The van der Waals surface area contributed by atoms with E-state index in [0.717, 1.165) is 21.7 Å². The van der Waals surface area contributed by atoms with Crippen LogP contribution in [0.25, 0.3) is 10.4 Å². The van der Waals surface area contributed by atoms with Crippen molar-refractivity contribution in [2.24, 2.45) is 5.41 Å². The van der Waals surface area contributed by atoms with E-state index in [9.17, 15) is 19.2 Å². The summed E-state index contributed by atoms with van der Waals surface area (Å²) in [5, 5.41) is 14.4. The van der Waals surface area contributed by atoms with Gasteiger partial charge in [0.1, 0.15) is 12.1 Å². The quantitative estimate of drug-likeness (QED) is 0.207. The van der Waals surface area contributed by atoms with Crippen LogP contribution in [-0.4, -0.2) is 97.0 Å². The van der Waals surface area contributed by atoms with Crippen LogP contribution in [0.2, 0.25) is 0 Å². The van der Waals surface area contributed by atoms with E-state index >= 15 is 0 Å². The largest absolute Gasteiger partial charge is 0.481 e. The van der Waals surface area contributed by atoms with Crippen LogP contribution < -0.4 is 10.6 Å². The number of aliphatic carboxylic acids is 1. The summed E-state index contributed by atoms with van der Waals surface area (Å²) in [6, 6.07) is 6.62. The number of likely N-dealkylation sites (tertiary alicyclic amines) is 1. The van der Waals surface area contributed by atoms with Crippen LogP contribution in [0.1, 0.15) is 57.7 Å². The standard InChI is InChI=1S/C32H46N4O8S/c1-22-28(45-21-34-22)24-9-7-23(8-10-24)20-33-30(40)25-6-5-13-36(25)31(41)29(32(2,3)4)35-26(37)11-14-42-16-18-44-19-17-43-15-12-27(38)39/h7-10,21,25,29H,5-6,11-20H2,1-4H3,(H,33,40)(H,35,37)(H,38,39). The lowest BCUT2D eigenvalue weighted by atomic mass is 9.85. The number of carbonyl (C=O) groups is 4. The predicted molar refractivity (Wildman–Crippen MR) is 170 cm³/mol. The second kappa shape index (κ2) is 17.9. The number of thiazole rings is 1. The number of rotatable bonds is 18. The third-order valence-electron chi connectivity index (χ3n) is 7.36. The van der Waals surface area contributed by atoms with Crippen molar-refractivity contribution in [3.63, 3.8) is 0 Å². The van der Waals surface area contributed by atoms with Gasteiger partial charge in [-0.25, -0.2) is 4.98 Å². The zero-order valence-electron chi connectivity index (χ0n) is 26.6. The molecule has 0 aliphatic carbocycles. The summed E-state index contributed by atoms with van der Waals surface area (Å²) < 4.78 is 16.0. The highest BCUT2D eigenvalue weighted by atomic mass is 32.1. The smallest absolute Gasteiger partial charge is 0.305 e. The lowest BCUT2D eigenvalue weighted by molar-refractivity contribution is -0.144. The first-order valence-corrected chi connectivity index (χ1v) is 16.2. The molecule has 1 aromatic heterocycles. The van der Waals surface area contributed by atoms with Crippen molar-refractivity contribution in [3.8, 4) is 10.4 Å². The molecule has 0 radical (unpaired) electrons. The summed E-state index contributed by atoms with van der Waals surface area (Å²) in [4.78, 5) is 57.1. The monoisotopic (exact) mass is 646 g/mol. The van der Waals surface area contributed by atoms with Crippen LogP contribution in [0.4, 0.5) is 0 Å². The normalized spacial score (nSPS) is 15.6. The van der Waals surface area contributed by atoms with Crippen molar-refractivity contribution in [2.45, 2.75) is 72.0 Å². The number of hydrogen-bond acceptors (Lipinski definition) is 9. The molecule has 12 nitrogen and oxygen atoms in total. The molecule has 1 saturated heterocycles. The lowest BCUT2D eigenvalue weighted by Crippen LogP contribution is -2.57. The molecule has 1 aromatic carbocycles. The third-order valence-corrected chi connectivity index (χ3v) is 8.34. The van der Waals surface area contributed by atoms with Crippen LogP contribution in [0.15, 0.2) is 29.8 Å². The maximum absolute atomic E-state index is 13.7. The van der Waals surface area contributed by atoms with Gasteiger partial charge in [0.15, 0.2) is 0 Å². The number of carboxylic acids is 1. The number of nitrogens with one attached hydrogen (secondary N) is 2. The summed E-state index contributed by atoms with van der Waals surface area (Å²) >= 11 is 1.59. The Morgan fingerprint density at radius 1 is 1.00 bits per heavy atom. The van der Waals surface area contributed by atoms with Gasteiger partial charge in [0.2, 0.25) is 17.7 Å². The Balaban J connectivity index is 1.42. The van der Waals surface area contributed by atoms with E-state index in [-0.39, 0.29) is 50.4 Å². The second-order valence-corrected chi connectivity index (χ2v) is 12.8. The van der Waals surface area contributed by atoms with E-state index in [1.54, 1.807) is 16.2 Å². The van der Waals surface area contributed by atoms with Crippen molar-refractivity contribution < 1.29 is 38.5 Å². The predicted octanol–water partition coefficient (Wildman–Crippen LogP) is 3.17. The van der Waals surface area contributed by atoms with Gasteiger partial charge >= 0.3 is 5.97 Å². The minimum atomic E-state index is -0.911. The molecule has 3 amide bonds. The van der Waals surface area contributed by atoms with E-state index in [0.29, 0.717) is 45.8 Å². The van der Waals surface area contributed by atoms with Gasteiger partial charge < -0.3 is 34.9 Å². The van der Waals surface area contributed by atoms with Gasteiger partial charge in [-0.05, 0) is 36.3 Å². The van der Waals surface area contributed by atoms with Gasteiger partial charge in [0.05, 0.1) is 62.1 Å². The number of carbonyl (C=O) groups excluding carboxylic acids is 3. The molecule has 1 aliphatic heterocycles. The van der Waals surface area contributed by atoms with Gasteiger partial charge in [0.25, 0.3) is 0 Å². The van der Waals surface area contributed by atoms with Crippen molar-refractivity contribution in [2.75, 3.05) is 46.2 Å². The molecule has 2 atom stereocenters. The third kappa shape index (κ3) is 11.8. The number of carboxylic acid groups (broad SMARTS) is 1. The summed E-state index contributed by atoms with van der Waals surface area (Å²) in [5.74, 6) is -1.69. The fourth-order valence-electron chi connectivity index (χ4n) is 4.88. The fourth-order valence-corrected chi connectivity index (χ4v) is 5.69. The minimum Gasteiger partial charge on any atom is -0.481 e. The summed E-state index contributed by atoms with van der Waals surface area (Å²) in [6.45, 7) is 9.94. The second-order valence-electron chi connectivity index (χ2n) is 12.0. The average Bonchev–Trinajstić information content (AvgIpc) is 3.66. The molecule has 2 heterocycles. The number of amides is 3. The number of nitrogens with zero attached hydrogens (tertiary/aromatic N) is 2. The van der Waals surface area contributed by atoms with E-state index in [1.807, 2.05) is 57.5 Å². The first-order valence-electron chi connectivity index (χ1n) is 15.3. The highest BCUT2D eigenvalue weighted by molar-refractivity contribution is 7.13. The Kier molecular flexibility index (Phi) is 14.4. The molecule has 0 bridgehead atoms. The molecular formula is C32H46N4O8S. The number of ether oxygens (including phenoxy) is 3. The lowest BCUT2D eigenvalue weighted by Gasteiger charge is -2.35. The zero-order chi connectivity index (χ0) is 32.8. The van der Waals surface area contributed by atoms with Crippen LogP contribution >= 0.6 is 11.3 Å². The zero-order valence-corrected chi connectivity index (χ0v) is 27.5. The first-order chi connectivity index (χ1) is 21.5. The molecule has 3 rings (SSSR count). The molecule has 1 aliphatic rings. The van der Waals surface area contributed by atoms with Gasteiger partial charge in [-0.15, -0.1) is 11.3 Å². The molecule has 0 saturated carbocycles. The molecule has 1 fully saturated rings. The van der Waals surface area contributed by atoms with Crippen molar-refractivity contribution in [3.05, 3.63) is 41.0 Å². The number of aromatic nitrogens is 1. The molecule has 45 heavy (non-hydrogen) atoms. The van der Waals surface area contributed by atoms with Crippen LogP contribution in [0.3, 0.4) is 0 Å². The summed E-state index contributed by atoms with van der Waals surface area (Å²) in [7, 11) is 0. The molecule has 13 heteroatoms. The van der Waals surface area contributed by atoms with E-state index < -0.39 is 23.5 Å². The van der Waals surface area contributed by atoms with Crippen LogP contribution in [0, 0.1) is 12.3 Å². The Hall–Kier alpha value is -3.39. The molecular weight excluding hydrogens is 600 g/mol. The van der Waals surface area contributed by atoms with Crippen LogP contribution in [-0.2, 0) is 39.9 Å². The molecule has 0 spiro atoms. The van der Waals surface area contributed by atoms with Crippen molar-refractivity contribution in [1.29, 1.82) is 0 Å². The molecule has 2 aromatic rings. The minimum absolute atomic E-state index is 0.0499. The number of benzene rings is 1. The maximum atomic E-state index is 13.7. The van der Waals surface area contributed by atoms with Gasteiger partial charge in [-0.3, -0.25) is 19.2 Å². The average molecular weight is 647 g/mol. The van der Waals surface area contributed by atoms with E-state index in [1.165, 1.54) is 0 Å². The Labute approximate surface area is 268 Å². The Morgan fingerprint density at radius 2 is 1.62 bits per heavy atom. The first kappa shape index (κ1) is 36.1.